The first-order valence-corrected chi connectivity index (χ1v) is 7.61. The van der Waals surface area contributed by atoms with E-state index in [1.54, 1.807) is 0 Å². The molecule has 0 heterocycles. The normalized spacial score (nSPS) is 10.5. The van der Waals surface area contributed by atoms with Gasteiger partial charge in [0.2, 0.25) is 0 Å². The molecule has 2 rings (SSSR count). The minimum atomic E-state index is 0.780. The lowest BCUT2D eigenvalue weighted by Crippen LogP contribution is -2.23. The lowest BCUT2D eigenvalue weighted by atomic mass is 10.2. The van der Waals surface area contributed by atoms with Crippen LogP contribution in [0.2, 0.25) is 5.02 Å². The Kier molecular flexibility index (Phi) is 5.29. The molecule has 0 bridgehead atoms. The maximum Gasteiger partial charge on any atom is 0.0441 e. The number of benzene rings is 2. The molecule has 0 unspecified atom stereocenters. The van der Waals surface area contributed by atoms with Gasteiger partial charge in [0.15, 0.2) is 0 Å². The topological polar surface area (TPSA) is 3.24 Å². The maximum absolute atomic E-state index is 6.08. The lowest BCUT2D eigenvalue weighted by Gasteiger charge is -2.25. The second kappa shape index (κ2) is 6.97. The van der Waals surface area contributed by atoms with Gasteiger partial charge in [0, 0.05) is 28.3 Å². The highest BCUT2D eigenvalue weighted by molar-refractivity contribution is 9.10. The molecule has 0 N–H and O–H groups in total. The van der Waals surface area contributed by atoms with Crippen molar-refractivity contribution in [1.82, 2.24) is 0 Å². The first-order valence-electron chi connectivity index (χ1n) is 6.44. The summed E-state index contributed by atoms with van der Waals surface area (Å²) >= 11 is 9.68. The number of para-hydroxylation sites is 1. The van der Waals surface area contributed by atoms with E-state index in [0.29, 0.717) is 0 Å². The van der Waals surface area contributed by atoms with Gasteiger partial charge in [-0.1, -0.05) is 52.7 Å². The highest BCUT2D eigenvalue weighted by Crippen LogP contribution is 2.25. The summed E-state index contributed by atoms with van der Waals surface area (Å²) < 4.78 is 1.11. The summed E-state index contributed by atoms with van der Waals surface area (Å²) in [6, 6.07) is 16.4. The molecule has 0 aliphatic carbocycles. The number of hydrogen-bond acceptors (Lipinski definition) is 1. The molecule has 19 heavy (non-hydrogen) atoms. The summed E-state index contributed by atoms with van der Waals surface area (Å²) in [6.45, 7) is 4.09. The first-order chi connectivity index (χ1) is 9.20. The molecule has 0 radical (unpaired) electrons. The summed E-state index contributed by atoms with van der Waals surface area (Å²) in [5.74, 6) is 0. The van der Waals surface area contributed by atoms with Crippen molar-refractivity contribution in [2.75, 3.05) is 11.4 Å². The standard InChI is InChI=1S/C16H17BrClN/c1-2-10-19(15-6-4-3-5-7-15)12-13-11-14(18)8-9-16(13)17/h3-9,11H,2,10,12H2,1H3. The molecule has 1 nitrogen and oxygen atoms in total. The van der Waals surface area contributed by atoms with E-state index < -0.39 is 0 Å². The van der Waals surface area contributed by atoms with E-state index in [2.05, 4.69) is 52.0 Å². The van der Waals surface area contributed by atoms with Crippen LogP contribution in [0.5, 0.6) is 0 Å². The molecule has 0 aromatic heterocycles. The van der Waals surface area contributed by atoms with Gasteiger partial charge < -0.3 is 4.90 Å². The van der Waals surface area contributed by atoms with Crippen LogP contribution >= 0.6 is 27.5 Å². The van der Waals surface area contributed by atoms with Gasteiger partial charge in [-0.2, -0.15) is 0 Å². The Balaban J connectivity index is 2.24. The molecule has 2 aromatic rings. The minimum absolute atomic E-state index is 0.780. The van der Waals surface area contributed by atoms with E-state index in [1.807, 2.05) is 24.3 Å². The van der Waals surface area contributed by atoms with E-state index in [9.17, 15) is 0 Å². The Morgan fingerprint density at radius 2 is 1.84 bits per heavy atom. The number of hydrogen-bond donors (Lipinski definition) is 0. The molecule has 0 saturated heterocycles. The summed E-state index contributed by atoms with van der Waals surface area (Å²) in [7, 11) is 0. The quantitative estimate of drug-likeness (QED) is 0.694. The predicted octanol–water partition coefficient (Wildman–Crippen LogP) is 5.52. The average Bonchev–Trinajstić information content (AvgIpc) is 2.43. The Bertz CT molecular complexity index is 528. The van der Waals surface area contributed by atoms with Crippen LogP contribution in [-0.4, -0.2) is 6.54 Å². The predicted molar refractivity (Wildman–Crippen MR) is 86.9 cm³/mol. The summed E-state index contributed by atoms with van der Waals surface area (Å²) in [5, 5.41) is 0.780. The molecular formula is C16H17BrClN. The largest absolute Gasteiger partial charge is 0.367 e. The van der Waals surface area contributed by atoms with Gasteiger partial charge in [-0.15, -0.1) is 0 Å². The first kappa shape index (κ1) is 14.4. The minimum Gasteiger partial charge on any atom is -0.367 e. The van der Waals surface area contributed by atoms with Crippen molar-refractivity contribution in [2.45, 2.75) is 19.9 Å². The molecule has 0 fully saturated rings. The molecular weight excluding hydrogens is 322 g/mol. The van der Waals surface area contributed by atoms with Crippen molar-refractivity contribution in [3.63, 3.8) is 0 Å². The third-order valence-electron chi connectivity index (χ3n) is 2.98. The number of nitrogens with zero attached hydrogens (tertiary/aromatic N) is 1. The third-order valence-corrected chi connectivity index (χ3v) is 3.99. The van der Waals surface area contributed by atoms with Crippen molar-refractivity contribution in [3.05, 3.63) is 63.6 Å². The Hall–Kier alpha value is -0.990. The van der Waals surface area contributed by atoms with Crippen molar-refractivity contribution in [2.24, 2.45) is 0 Å². The number of halogens is 2. The van der Waals surface area contributed by atoms with Crippen LogP contribution in [0.3, 0.4) is 0 Å². The molecule has 0 atom stereocenters. The van der Waals surface area contributed by atoms with Crippen molar-refractivity contribution >= 4 is 33.2 Å². The second-order valence-corrected chi connectivity index (χ2v) is 5.78. The fourth-order valence-electron chi connectivity index (χ4n) is 2.08. The van der Waals surface area contributed by atoms with E-state index in [0.717, 1.165) is 29.0 Å². The van der Waals surface area contributed by atoms with Crippen molar-refractivity contribution in [1.29, 1.82) is 0 Å². The fraction of sp³-hybridized carbons (Fsp3) is 0.250. The van der Waals surface area contributed by atoms with Crippen molar-refractivity contribution in [3.8, 4) is 0 Å². The maximum atomic E-state index is 6.08. The summed E-state index contributed by atoms with van der Waals surface area (Å²) in [5.41, 5.74) is 2.46. The Morgan fingerprint density at radius 1 is 1.11 bits per heavy atom. The molecule has 3 heteroatoms. The lowest BCUT2D eigenvalue weighted by molar-refractivity contribution is 0.766. The Labute approximate surface area is 128 Å². The number of anilines is 1. The van der Waals surface area contributed by atoms with Gasteiger partial charge in [0.05, 0.1) is 0 Å². The van der Waals surface area contributed by atoms with Crippen LogP contribution in [-0.2, 0) is 6.54 Å². The van der Waals surface area contributed by atoms with Gasteiger partial charge in [-0.25, -0.2) is 0 Å². The zero-order valence-electron chi connectivity index (χ0n) is 10.9. The smallest absolute Gasteiger partial charge is 0.0441 e. The van der Waals surface area contributed by atoms with Crippen LogP contribution in [0.1, 0.15) is 18.9 Å². The average molecular weight is 339 g/mol. The van der Waals surface area contributed by atoms with E-state index in [-0.39, 0.29) is 0 Å². The van der Waals surface area contributed by atoms with Gasteiger partial charge in [-0.05, 0) is 42.3 Å². The van der Waals surface area contributed by atoms with Crippen LogP contribution in [0.25, 0.3) is 0 Å². The highest BCUT2D eigenvalue weighted by Gasteiger charge is 2.09. The molecule has 0 saturated carbocycles. The molecule has 0 amide bonds. The van der Waals surface area contributed by atoms with Crippen LogP contribution < -0.4 is 4.90 Å². The van der Waals surface area contributed by atoms with Gasteiger partial charge in [-0.3, -0.25) is 0 Å². The molecule has 0 aliphatic heterocycles. The zero-order valence-corrected chi connectivity index (χ0v) is 13.3. The Morgan fingerprint density at radius 3 is 2.53 bits per heavy atom. The number of rotatable bonds is 5. The molecule has 100 valence electrons. The fourth-order valence-corrected chi connectivity index (χ4v) is 2.64. The molecule has 0 aliphatic rings. The van der Waals surface area contributed by atoms with Gasteiger partial charge in [0.1, 0.15) is 0 Å². The van der Waals surface area contributed by atoms with Gasteiger partial charge in [0.25, 0.3) is 0 Å². The highest BCUT2D eigenvalue weighted by atomic mass is 79.9. The summed E-state index contributed by atoms with van der Waals surface area (Å²) in [6.07, 6.45) is 1.12. The second-order valence-electron chi connectivity index (χ2n) is 4.49. The van der Waals surface area contributed by atoms with Crippen LogP contribution in [0.15, 0.2) is 53.0 Å². The molecule has 0 spiro atoms. The summed E-state index contributed by atoms with van der Waals surface area (Å²) in [4.78, 5) is 2.37. The SMILES string of the molecule is CCCN(Cc1cc(Cl)ccc1Br)c1ccccc1. The zero-order chi connectivity index (χ0) is 13.7. The third kappa shape index (κ3) is 3.99. The molecule has 2 aromatic carbocycles. The van der Waals surface area contributed by atoms with Crippen molar-refractivity contribution < 1.29 is 0 Å². The van der Waals surface area contributed by atoms with E-state index >= 15 is 0 Å². The van der Waals surface area contributed by atoms with Crippen LogP contribution in [0.4, 0.5) is 5.69 Å². The van der Waals surface area contributed by atoms with E-state index in [4.69, 9.17) is 11.6 Å². The van der Waals surface area contributed by atoms with Crippen LogP contribution in [0, 0.1) is 0 Å². The van der Waals surface area contributed by atoms with E-state index in [1.165, 1.54) is 11.3 Å². The van der Waals surface area contributed by atoms with Gasteiger partial charge >= 0.3 is 0 Å². The monoisotopic (exact) mass is 337 g/mol.